The Hall–Kier alpha value is -1.03. The summed E-state index contributed by atoms with van der Waals surface area (Å²) >= 11 is 0. The van der Waals surface area contributed by atoms with Gasteiger partial charge in [-0.3, -0.25) is 4.68 Å². The Morgan fingerprint density at radius 2 is 2.11 bits per heavy atom. The van der Waals surface area contributed by atoms with Crippen LogP contribution in [-0.4, -0.2) is 28.4 Å². The molecule has 2 rings (SSSR count). The quantitative estimate of drug-likeness (QED) is 0.822. The van der Waals surface area contributed by atoms with Crippen molar-refractivity contribution in [1.29, 1.82) is 0 Å². The molecular weight excluding hydrogens is 236 g/mol. The van der Waals surface area contributed by atoms with Gasteiger partial charge in [-0.1, -0.05) is 6.92 Å². The first-order chi connectivity index (χ1) is 9.04. The molecule has 0 radical (unpaired) electrons. The van der Waals surface area contributed by atoms with Gasteiger partial charge in [0, 0.05) is 37.8 Å². The number of aryl methyl sites for hydroxylation is 2. The second-order valence-corrected chi connectivity index (χ2v) is 5.95. The molecule has 108 valence electrons. The van der Waals surface area contributed by atoms with E-state index in [0.717, 1.165) is 31.2 Å². The van der Waals surface area contributed by atoms with Crippen molar-refractivity contribution in [3.8, 4) is 0 Å². The molecule has 19 heavy (non-hydrogen) atoms. The van der Waals surface area contributed by atoms with Gasteiger partial charge in [-0.2, -0.15) is 5.10 Å². The van der Waals surface area contributed by atoms with Crippen LogP contribution in [0.1, 0.15) is 51.3 Å². The maximum atomic E-state index is 4.63. The van der Waals surface area contributed by atoms with Crippen LogP contribution in [0.5, 0.6) is 0 Å². The summed E-state index contributed by atoms with van der Waals surface area (Å²) in [5.41, 5.74) is 2.53. The number of hydrogen-bond donors (Lipinski definition) is 1. The molecule has 4 heteroatoms. The molecule has 1 fully saturated rings. The Morgan fingerprint density at radius 1 is 1.42 bits per heavy atom. The minimum Gasteiger partial charge on any atom is -0.354 e. The topological polar surface area (TPSA) is 33.1 Å². The fraction of sp³-hybridized carbons (Fsp3) is 0.800. The van der Waals surface area contributed by atoms with E-state index < -0.39 is 0 Å². The summed E-state index contributed by atoms with van der Waals surface area (Å²) in [4.78, 5) is 2.48. The molecule has 0 aromatic carbocycles. The van der Waals surface area contributed by atoms with Crippen molar-refractivity contribution in [2.75, 3.05) is 11.4 Å². The third-order valence-electron chi connectivity index (χ3n) is 3.82. The SMILES string of the molecule is CCCN(c1c(CNC2CC2)c(C)nn1C)C(C)C. The highest BCUT2D eigenvalue weighted by molar-refractivity contribution is 5.51. The van der Waals surface area contributed by atoms with E-state index in [9.17, 15) is 0 Å². The number of aromatic nitrogens is 2. The number of nitrogens with one attached hydrogen (secondary N) is 1. The smallest absolute Gasteiger partial charge is 0.131 e. The number of anilines is 1. The van der Waals surface area contributed by atoms with Crippen LogP contribution in [0.25, 0.3) is 0 Å². The third kappa shape index (κ3) is 3.30. The fourth-order valence-corrected chi connectivity index (χ4v) is 2.64. The van der Waals surface area contributed by atoms with Gasteiger partial charge in [0.2, 0.25) is 0 Å². The predicted octanol–water partition coefficient (Wildman–Crippen LogP) is 2.61. The van der Waals surface area contributed by atoms with Gasteiger partial charge in [0.15, 0.2) is 0 Å². The predicted molar refractivity (Wildman–Crippen MR) is 80.6 cm³/mol. The lowest BCUT2D eigenvalue weighted by Gasteiger charge is -2.29. The first-order valence-electron chi connectivity index (χ1n) is 7.57. The monoisotopic (exact) mass is 264 g/mol. The van der Waals surface area contributed by atoms with Crippen molar-refractivity contribution in [2.45, 2.75) is 65.6 Å². The molecule has 0 atom stereocenters. The molecule has 1 aliphatic rings. The first-order valence-corrected chi connectivity index (χ1v) is 7.57. The Labute approximate surface area is 117 Å². The van der Waals surface area contributed by atoms with E-state index >= 15 is 0 Å². The van der Waals surface area contributed by atoms with E-state index in [-0.39, 0.29) is 0 Å². The summed E-state index contributed by atoms with van der Waals surface area (Å²) in [5.74, 6) is 1.29. The second-order valence-electron chi connectivity index (χ2n) is 5.95. The summed E-state index contributed by atoms with van der Waals surface area (Å²) in [6, 6.07) is 1.25. The molecule has 1 aromatic rings. The van der Waals surface area contributed by atoms with Crippen molar-refractivity contribution in [3.05, 3.63) is 11.3 Å². The van der Waals surface area contributed by atoms with Crippen molar-refractivity contribution in [2.24, 2.45) is 7.05 Å². The Bertz CT molecular complexity index is 418. The van der Waals surface area contributed by atoms with E-state index in [2.05, 4.69) is 54.7 Å². The lowest BCUT2D eigenvalue weighted by atomic mass is 10.2. The van der Waals surface area contributed by atoms with Crippen molar-refractivity contribution >= 4 is 5.82 Å². The van der Waals surface area contributed by atoms with Gasteiger partial charge in [0.25, 0.3) is 0 Å². The van der Waals surface area contributed by atoms with Crippen LogP contribution in [-0.2, 0) is 13.6 Å². The molecular formula is C15H28N4. The van der Waals surface area contributed by atoms with Gasteiger partial charge >= 0.3 is 0 Å². The standard InChI is InChI=1S/C15H28N4/c1-6-9-19(11(2)3)15-14(10-16-13-7-8-13)12(4)17-18(15)5/h11,13,16H,6-10H2,1-5H3. The minimum atomic E-state index is 0.509. The van der Waals surface area contributed by atoms with Crippen LogP contribution in [0, 0.1) is 6.92 Å². The molecule has 4 nitrogen and oxygen atoms in total. The van der Waals surface area contributed by atoms with Crippen LogP contribution >= 0.6 is 0 Å². The van der Waals surface area contributed by atoms with E-state index in [1.807, 2.05) is 0 Å². The number of hydrogen-bond acceptors (Lipinski definition) is 3. The largest absolute Gasteiger partial charge is 0.354 e. The number of rotatable bonds is 7. The molecule has 0 amide bonds. The van der Waals surface area contributed by atoms with Crippen molar-refractivity contribution in [3.63, 3.8) is 0 Å². The van der Waals surface area contributed by atoms with Crippen LogP contribution in [0.4, 0.5) is 5.82 Å². The van der Waals surface area contributed by atoms with E-state index in [1.165, 1.54) is 24.2 Å². The molecule has 1 aromatic heterocycles. The molecule has 0 unspecified atom stereocenters. The van der Waals surface area contributed by atoms with Crippen LogP contribution in [0.15, 0.2) is 0 Å². The van der Waals surface area contributed by atoms with Gasteiger partial charge < -0.3 is 10.2 Å². The zero-order valence-corrected chi connectivity index (χ0v) is 13.0. The van der Waals surface area contributed by atoms with Gasteiger partial charge in [-0.25, -0.2) is 0 Å². The summed E-state index contributed by atoms with van der Waals surface area (Å²) in [6.45, 7) is 10.9. The molecule has 0 bridgehead atoms. The Morgan fingerprint density at radius 3 is 2.63 bits per heavy atom. The van der Waals surface area contributed by atoms with E-state index in [0.29, 0.717) is 6.04 Å². The maximum Gasteiger partial charge on any atom is 0.131 e. The summed E-state index contributed by atoms with van der Waals surface area (Å²) in [7, 11) is 2.06. The lowest BCUT2D eigenvalue weighted by molar-refractivity contribution is 0.620. The molecule has 0 spiro atoms. The first kappa shape index (κ1) is 14.4. The van der Waals surface area contributed by atoms with Crippen LogP contribution < -0.4 is 10.2 Å². The van der Waals surface area contributed by atoms with E-state index in [4.69, 9.17) is 0 Å². The summed E-state index contributed by atoms with van der Waals surface area (Å²) in [6.07, 6.45) is 3.83. The second kappa shape index (κ2) is 5.95. The molecule has 1 aliphatic carbocycles. The van der Waals surface area contributed by atoms with Crippen LogP contribution in [0.3, 0.4) is 0 Å². The van der Waals surface area contributed by atoms with Crippen molar-refractivity contribution < 1.29 is 0 Å². The Kier molecular flexibility index (Phi) is 4.50. The lowest BCUT2D eigenvalue weighted by Crippen LogP contribution is -2.34. The van der Waals surface area contributed by atoms with Gasteiger partial charge in [-0.05, 0) is 40.0 Å². The fourth-order valence-electron chi connectivity index (χ4n) is 2.64. The zero-order valence-electron chi connectivity index (χ0n) is 13.0. The average molecular weight is 264 g/mol. The molecule has 0 aliphatic heterocycles. The summed E-state index contributed by atoms with van der Waals surface area (Å²) < 4.78 is 2.05. The van der Waals surface area contributed by atoms with Gasteiger partial charge in [0.05, 0.1) is 5.69 Å². The van der Waals surface area contributed by atoms with Crippen molar-refractivity contribution in [1.82, 2.24) is 15.1 Å². The number of nitrogens with zero attached hydrogens (tertiary/aromatic N) is 3. The average Bonchev–Trinajstić information content (AvgIpc) is 3.11. The third-order valence-corrected chi connectivity index (χ3v) is 3.82. The highest BCUT2D eigenvalue weighted by Crippen LogP contribution is 2.27. The molecule has 1 saturated carbocycles. The van der Waals surface area contributed by atoms with Gasteiger partial charge in [0.1, 0.15) is 5.82 Å². The van der Waals surface area contributed by atoms with Gasteiger partial charge in [-0.15, -0.1) is 0 Å². The van der Waals surface area contributed by atoms with Crippen LogP contribution in [0.2, 0.25) is 0 Å². The molecule has 1 N–H and O–H groups in total. The minimum absolute atomic E-state index is 0.509. The normalized spacial score (nSPS) is 15.3. The summed E-state index contributed by atoms with van der Waals surface area (Å²) in [5, 5.41) is 8.25. The zero-order chi connectivity index (χ0) is 14.0. The highest BCUT2D eigenvalue weighted by Gasteiger charge is 2.24. The van der Waals surface area contributed by atoms with E-state index in [1.54, 1.807) is 0 Å². The highest BCUT2D eigenvalue weighted by atomic mass is 15.4. The Balaban J connectivity index is 2.24. The maximum absolute atomic E-state index is 4.63. The molecule has 1 heterocycles. The molecule has 0 saturated heterocycles.